The van der Waals surface area contributed by atoms with Crippen molar-refractivity contribution in [3.63, 3.8) is 0 Å². The van der Waals surface area contributed by atoms with E-state index in [0.29, 0.717) is 5.75 Å². The molecule has 0 fully saturated rings. The summed E-state index contributed by atoms with van der Waals surface area (Å²) in [5, 5.41) is 3.07. The summed E-state index contributed by atoms with van der Waals surface area (Å²) in [5.74, 6) is 1.32. The van der Waals surface area contributed by atoms with Crippen molar-refractivity contribution in [2.45, 2.75) is 25.3 Å². The minimum absolute atomic E-state index is 0.0691. The topological polar surface area (TPSA) is 58.1 Å². The third-order valence-corrected chi connectivity index (χ3v) is 3.73. The first-order valence-electron chi connectivity index (χ1n) is 6.43. The van der Waals surface area contributed by atoms with Crippen LogP contribution in [0.15, 0.2) is 6.20 Å². The maximum Gasteiger partial charge on any atom is 0.230 e. The van der Waals surface area contributed by atoms with E-state index in [1.54, 1.807) is 0 Å². The first kappa shape index (κ1) is 14.1. The van der Waals surface area contributed by atoms with Crippen LogP contribution in [0.25, 0.3) is 0 Å². The van der Waals surface area contributed by atoms with Crippen molar-refractivity contribution in [2.75, 3.05) is 31.0 Å². The van der Waals surface area contributed by atoms with E-state index in [2.05, 4.69) is 15.3 Å². The van der Waals surface area contributed by atoms with Crippen LogP contribution in [-0.4, -0.2) is 42.0 Å². The van der Waals surface area contributed by atoms with Crippen LogP contribution >= 0.6 is 11.8 Å². The Bertz CT molecular complexity index is 464. The highest BCUT2D eigenvalue weighted by atomic mass is 32.2. The van der Waals surface area contributed by atoms with Crippen molar-refractivity contribution in [3.8, 4) is 0 Å². The van der Waals surface area contributed by atoms with Crippen molar-refractivity contribution in [1.82, 2.24) is 15.3 Å². The third-order valence-electron chi connectivity index (χ3n) is 3.18. The number of amides is 1. The average Bonchev–Trinajstić information content (AvgIpc) is 2.38. The largest absolute Gasteiger partial charge is 0.348 e. The molecule has 0 saturated carbocycles. The average molecular weight is 280 g/mol. The van der Waals surface area contributed by atoms with Gasteiger partial charge < -0.3 is 10.2 Å². The number of aromatic nitrogens is 2. The van der Waals surface area contributed by atoms with Crippen LogP contribution in [0.4, 0.5) is 5.95 Å². The van der Waals surface area contributed by atoms with E-state index in [1.165, 1.54) is 11.8 Å². The van der Waals surface area contributed by atoms with Gasteiger partial charge in [0.2, 0.25) is 11.9 Å². The molecule has 1 heterocycles. The molecule has 1 N–H and O–H groups in total. The van der Waals surface area contributed by atoms with Crippen molar-refractivity contribution in [2.24, 2.45) is 0 Å². The van der Waals surface area contributed by atoms with Gasteiger partial charge >= 0.3 is 0 Å². The second-order valence-corrected chi connectivity index (χ2v) is 5.78. The SMILES string of the molecule is CSCC(=O)NC1CCCc2nc(N(C)C)ncc21. The Hall–Kier alpha value is -1.30. The van der Waals surface area contributed by atoms with Gasteiger partial charge in [0.05, 0.1) is 17.5 Å². The second kappa shape index (κ2) is 6.23. The molecule has 0 spiro atoms. The van der Waals surface area contributed by atoms with Crippen LogP contribution in [0, 0.1) is 0 Å². The van der Waals surface area contributed by atoms with Gasteiger partial charge in [-0.3, -0.25) is 4.79 Å². The summed E-state index contributed by atoms with van der Waals surface area (Å²) < 4.78 is 0. The molecule has 104 valence electrons. The first-order valence-corrected chi connectivity index (χ1v) is 7.82. The Morgan fingerprint density at radius 3 is 3.05 bits per heavy atom. The van der Waals surface area contributed by atoms with Gasteiger partial charge in [0, 0.05) is 25.9 Å². The lowest BCUT2D eigenvalue weighted by molar-refractivity contribution is -0.119. The molecular weight excluding hydrogens is 260 g/mol. The molecule has 1 aromatic heterocycles. The van der Waals surface area contributed by atoms with E-state index in [9.17, 15) is 4.79 Å². The lowest BCUT2D eigenvalue weighted by Crippen LogP contribution is -2.32. The van der Waals surface area contributed by atoms with Gasteiger partial charge in [0.25, 0.3) is 0 Å². The monoisotopic (exact) mass is 280 g/mol. The predicted molar refractivity (Wildman–Crippen MR) is 78.6 cm³/mol. The molecule has 2 rings (SSSR count). The number of carbonyl (C=O) groups is 1. The van der Waals surface area contributed by atoms with Gasteiger partial charge in [-0.1, -0.05) is 0 Å². The number of nitrogens with one attached hydrogen (secondary N) is 1. The molecule has 0 saturated heterocycles. The lowest BCUT2D eigenvalue weighted by atomic mass is 9.92. The normalized spacial score (nSPS) is 17.7. The second-order valence-electron chi connectivity index (χ2n) is 4.91. The molecule has 0 aliphatic heterocycles. The fourth-order valence-electron chi connectivity index (χ4n) is 2.27. The van der Waals surface area contributed by atoms with E-state index < -0.39 is 0 Å². The van der Waals surface area contributed by atoms with Crippen molar-refractivity contribution >= 4 is 23.6 Å². The van der Waals surface area contributed by atoms with Crippen molar-refractivity contribution in [1.29, 1.82) is 0 Å². The predicted octanol–water partition coefficient (Wildman–Crippen LogP) is 1.40. The number of carbonyl (C=O) groups excluding carboxylic acids is 1. The summed E-state index contributed by atoms with van der Waals surface area (Å²) in [6.45, 7) is 0. The Balaban J connectivity index is 2.17. The molecule has 19 heavy (non-hydrogen) atoms. The molecule has 0 radical (unpaired) electrons. The maximum absolute atomic E-state index is 11.7. The highest BCUT2D eigenvalue weighted by molar-refractivity contribution is 7.99. The van der Waals surface area contributed by atoms with Gasteiger partial charge in [-0.2, -0.15) is 11.8 Å². The van der Waals surface area contributed by atoms with E-state index in [1.807, 2.05) is 31.4 Å². The summed E-state index contributed by atoms with van der Waals surface area (Å²) in [5.41, 5.74) is 2.14. The number of hydrogen-bond acceptors (Lipinski definition) is 5. The molecule has 5 nitrogen and oxygen atoms in total. The molecular formula is C13H20N4OS. The highest BCUT2D eigenvalue weighted by Gasteiger charge is 2.23. The molecule has 0 aromatic carbocycles. The van der Waals surface area contributed by atoms with Gasteiger partial charge in [-0.25, -0.2) is 9.97 Å². The van der Waals surface area contributed by atoms with E-state index in [4.69, 9.17) is 0 Å². The standard InChI is InChI=1S/C13H20N4OS/c1-17(2)13-14-7-9-10(15-12(18)8-19-3)5-4-6-11(9)16-13/h7,10H,4-6,8H2,1-3H3,(H,15,18). The van der Waals surface area contributed by atoms with E-state index in [0.717, 1.165) is 36.5 Å². The van der Waals surface area contributed by atoms with Crippen LogP contribution in [0.1, 0.15) is 30.1 Å². The first-order chi connectivity index (χ1) is 9.11. The molecule has 1 aliphatic carbocycles. The van der Waals surface area contributed by atoms with E-state index >= 15 is 0 Å². The lowest BCUT2D eigenvalue weighted by Gasteiger charge is -2.26. The molecule has 1 atom stereocenters. The summed E-state index contributed by atoms with van der Waals surface area (Å²) >= 11 is 1.54. The van der Waals surface area contributed by atoms with Crippen LogP contribution in [0.3, 0.4) is 0 Å². The van der Waals surface area contributed by atoms with Crippen LogP contribution < -0.4 is 10.2 Å². The minimum Gasteiger partial charge on any atom is -0.348 e. The fourth-order valence-corrected chi connectivity index (χ4v) is 2.61. The molecule has 1 aromatic rings. The number of rotatable bonds is 4. The maximum atomic E-state index is 11.7. The number of fused-ring (bicyclic) bond motifs is 1. The number of thioether (sulfide) groups is 1. The number of hydrogen-bond donors (Lipinski definition) is 1. The molecule has 1 aliphatic rings. The van der Waals surface area contributed by atoms with Crippen LogP contribution in [-0.2, 0) is 11.2 Å². The molecule has 1 unspecified atom stereocenters. The minimum atomic E-state index is 0.0691. The fraction of sp³-hybridized carbons (Fsp3) is 0.615. The zero-order valence-corrected chi connectivity index (χ0v) is 12.5. The quantitative estimate of drug-likeness (QED) is 0.903. The number of aryl methyl sites for hydroxylation is 1. The summed E-state index contributed by atoms with van der Waals surface area (Å²) in [6, 6.07) is 0.0691. The molecule has 0 bridgehead atoms. The highest BCUT2D eigenvalue weighted by Crippen LogP contribution is 2.28. The van der Waals surface area contributed by atoms with Gasteiger partial charge in [-0.15, -0.1) is 0 Å². The smallest absolute Gasteiger partial charge is 0.230 e. The van der Waals surface area contributed by atoms with E-state index in [-0.39, 0.29) is 11.9 Å². The van der Waals surface area contributed by atoms with Crippen molar-refractivity contribution < 1.29 is 4.79 Å². The zero-order chi connectivity index (χ0) is 13.8. The molecule has 6 heteroatoms. The summed E-state index contributed by atoms with van der Waals surface area (Å²) in [6.07, 6.45) is 6.79. The van der Waals surface area contributed by atoms with Gasteiger partial charge in [0.1, 0.15) is 0 Å². The number of anilines is 1. The zero-order valence-electron chi connectivity index (χ0n) is 11.6. The summed E-state index contributed by atoms with van der Waals surface area (Å²) in [7, 11) is 3.87. The van der Waals surface area contributed by atoms with Crippen molar-refractivity contribution in [3.05, 3.63) is 17.5 Å². The van der Waals surface area contributed by atoms with Crippen LogP contribution in [0.5, 0.6) is 0 Å². The number of nitrogens with zero attached hydrogens (tertiary/aromatic N) is 3. The third kappa shape index (κ3) is 3.37. The summed E-state index contributed by atoms with van der Waals surface area (Å²) in [4.78, 5) is 22.5. The Morgan fingerprint density at radius 1 is 1.58 bits per heavy atom. The van der Waals surface area contributed by atoms with Gasteiger partial charge in [-0.05, 0) is 25.5 Å². The van der Waals surface area contributed by atoms with Crippen LogP contribution in [0.2, 0.25) is 0 Å². The molecule has 1 amide bonds. The van der Waals surface area contributed by atoms with Gasteiger partial charge in [0.15, 0.2) is 0 Å². The Morgan fingerprint density at radius 2 is 2.37 bits per heavy atom. The Labute approximate surface area is 118 Å². The Kier molecular flexibility index (Phi) is 4.63.